The molecule has 1 aromatic carbocycles. The average Bonchev–Trinajstić information content (AvgIpc) is 2.98. The van der Waals surface area contributed by atoms with Gasteiger partial charge < -0.3 is 9.73 Å². The minimum atomic E-state index is -0.238. The normalized spacial score (nSPS) is 16.4. The van der Waals surface area contributed by atoms with E-state index >= 15 is 0 Å². The molecule has 3 rings (SSSR count). The van der Waals surface area contributed by atoms with Crippen LogP contribution in [0.3, 0.4) is 0 Å². The number of hydrogen-bond donors (Lipinski definition) is 1. The van der Waals surface area contributed by atoms with Crippen LogP contribution in [0, 0.1) is 12.8 Å². The van der Waals surface area contributed by atoms with Crippen LogP contribution in [0.5, 0.6) is 0 Å². The van der Waals surface area contributed by atoms with Gasteiger partial charge in [-0.3, -0.25) is 9.69 Å². The van der Waals surface area contributed by atoms with Crippen molar-refractivity contribution in [2.45, 2.75) is 33.2 Å². The van der Waals surface area contributed by atoms with E-state index in [1.165, 1.54) is 19.1 Å². The second-order valence-electron chi connectivity index (χ2n) is 6.41. The Hall–Kier alpha value is -2.14. The summed E-state index contributed by atoms with van der Waals surface area (Å²) in [5, 5.41) is 2.85. The minimum absolute atomic E-state index is 0.238. The van der Waals surface area contributed by atoms with Crippen molar-refractivity contribution in [3.8, 4) is 0 Å². The lowest BCUT2D eigenvalue weighted by molar-refractivity contribution is 0.102. The van der Waals surface area contributed by atoms with E-state index in [0.29, 0.717) is 18.1 Å². The highest BCUT2D eigenvalue weighted by Gasteiger charge is 2.19. The second-order valence-corrected chi connectivity index (χ2v) is 6.41. The standard InChI is InChI=1S/C18H23N3O2/c1-13-6-8-21(9-7-13)11-17-20-16(12-23-17)18(22)19-15-5-3-4-14(2)10-15/h3-5,10,12-13H,6-9,11H2,1-2H3,(H,19,22). The summed E-state index contributed by atoms with van der Waals surface area (Å²) in [5.41, 5.74) is 2.19. The number of hydrogen-bond acceptors (Lipinski definition) is 4. The average molecular weight is 313 g/mol. The number of nitrogens with one attached hydrogen (secondary N) is 1. The molecule has 5 heteroatoms. The molecule has 1 aromatic heterocycles. The quantitative estimate of drug-likeness (QED) is 0.939. The van der Waals surface area contributed by atoms with Crippen LogP contribution >= 0.6 is 0 Å². The van der Waals surface area contributed by atoms with Crippen molar-refractivity contribution < 1.29 is 9.21 Å². The van der Waals surface area contributed by atoms with Gasteiger partial charge in [0.25, 0.3) is 5.91 Å². The summed E-state index contributed by atoms with van der Waals surface area (Å²) in [5.74, 6) is 1.17. The predicted molar refractivity (Wildman–Crippen MR) is 89.3 cm³/mol. The van der Waals surface area contributed by atoms with Gasteiger partial charge in [-0.2, -0.15) is 0 Å². The number of aromatic nitrogens is 1. The summed E-state index contributed by atoms with van der Waals surface area (Å²) in [6, 6.07) is 7.69. The van der Waals surface area contributed by atoms with E-state index in [1.807, 2.05) is 31.2 Å². The third-order valence-corrected chi connectivity index (χ3v) is 4.30. The number of anilines is 1. The summed E-state index contributed by atoms with van der Waals surface area (Å²) in [6.07, 6.45) is 3.86. The maximum atomic E-state index is 12.2. The number of nitrogens with zero attached hydrogens (tertiary/aromatic N) is 2. The van der Waals surface area contributed by atoms with Gasteiger partial charge in [-0.25, -0.2) is 4.98 Å². The molecular formula is C18H23N3O2. The number of aryl methyl sites for hydroxylation is 1. The van der Waals surface area contributed by atoms with Crippen molar-refractivity contribution in [3.05, 3.63) is 47.7 Å². The van der Waals surface area contributed by atoms with E-state index in [2.05, 4.69) is 22.1 Å². The molecule has 1 saturated heterocycles. The van der Waals surface area contributed by atoms with E-state index in [-0.39, 0.29) is 5.91 Å². The Bertz CT molecular complexity index is 672. The Kier molecular flexibility index (Phi) is 4.76. The first-order chi connectivity index (χ1) is 11.1. The monoisotopic (exact) mass is 313 g/mol. The van der Waals surface area contributed by atoms with Gasteiger partial charge >= 0.3 is 0 Å². The van der Waals surface area contributed by atoms with Crippen molar-refractivity contribution in [2.24, 2.45) is 5.92 Å². The maximum absolute atomic E-state index is 12.2. The number of oxazole rings is 1. The molecule has 122 valence electrons. The van der Waals surface area contributed by atoms with Gasteiger partial charge in [-0.05, 0) is 56.5 Å². The molecule has 0 aliphatic carbocycles. The van der Waals surface area contributed by atoms with Gasteiger partial charge in [0.05, 0.1) is 6.54 Å². The SMILES string of the molecule is Cc1cccc(NC(=O)c2coc(CN3CCC(C)CC3)n2)c1. The summed E-state index contributed by atoms with van der Waals surface area (Å²) in [4.78, 5) is 18.9. The summed E-state index contributed by atoms with van der Waals surface area (Å²) in [7, 11) is 0. The molecule has 0 saturated carbocycles. The van der Waals surface area contributed by atoms with Gasteiger partial charge in [0.1, 0.15) is 6.26 Å². The number of benzene rings is 1. The van der Waals surface area contributed by atoms with E-state index in [4.69, 9.17) is 4.42 Å². The van der Waals surface area contributed by atoms with Crippen LogP contribution < -0.4 is 5.32 Å². The fraction of sp³-hybridized carbons (Fsp3) is 0.444. The Labute approximate surface area is 136 Å². The van der Waals surface area contributed by atoms with Gasteiger partial charge in [-0.1, -0.05) is 19.1 Å². The van der Waals surface area contributed by atoms with Crippen molar-refractivity contribution in [1.29, 1.82) is 0 Å². The molecule has 5 nitrogen and oxygen atoms in total. The smallest absolute Gasteiger partial charge is 0.277 e. The third-order valence-electron chi connectivity index (χ3n) is 4.30. The lowest BCUT2D eigenvalue weighted by Gasteiger charge is -2.28. The van der Waals surface area contributed by atoms with Crippen molar-refractivity contribution >= 4 is 11.6 Å². The Balaban J connectivity index is 1.59. The van der Waals surface area contributed by atoms with E-state index < -0.39 is 0 Å². The van der Waals surface area contributed by atoms with Crippen molar-refractivity contribution in [3.63, 3.8) is 0 Å². The fourth-order valence-corrected chi connectivity index (χ4v) is 2.82. The highest BCUT2D eigenvalue weighted by molar-refractivity contribution is 6.02. The second kappa shape index (κ2) is 6.96. The number of carbonyl (C=O) groups is 1. The number of amides is 1. The molecule has 0 unspecified atom stereocenters. The first-order valence-corrected chi connectivity index (χ1v) is 8.15. The molecule has 0 bridgehead atoms. The minimum Gasteiger partial charge on any atom is -0.447 e. The molecule has 23 heavy (non-hydrogen) atoms. The number of carbonyl (C=O) groups excluding carboxylic acids is 1. The van der Waals surface area contributed by atoms with Crippen LogP contribution in [-0.2, 0) is 6.54 Å². The van der Waals surface area contributed by atoms with Crippen LogP contribution in [-0.4, -0.2) is 28.9 Å². The molecule has 1 fully saturated rings. The van der Waals surface area contributed by atoms with Crippen LogP contribution in [0.4, 0.5) is 5.69 Å². The Morgan fingerprint density at radius 3 is 2.91 bits per heavy atom. The Morgan fingerprint density at radius 2 is 2.17 bits per heavy atom. The maximum Gasteiger partial charge on any atom is 0.277 e. The zero-order valence-corrected chi connectivity index (χ0v) is 13.7. The Morgan fingerprint density at radius 1 is 1.39 bits per heavy atom. The number of likely N-dealkylation sites (tertiary alicyclic amines) is 1. The molecule has 0 spiro atoms. The van der Waals surface area contributed by atoms with Crippen LogP contribution in [0.25, 0.3) is 0 Å². The topological polar surface area (TPSA) is 58.4 Å². The lowest BCUT2D eigenvalue weighted by atomic mass is 9.99. The molecule has 0 atom stereocenters. The highest BCUT2D eigenvalue weighted by atomic mass is 16.3. The highest BCUT2D eigenvalue weighted by Crippen LogP contribution is 2.18. The number of piperidine rings is 1. The van der Waals surface area contributed by atoms with Gasteiger partial charge in [0, 0.05) is 5.69 Å². The molecular weight excluding hydrogens is 290 g/mol. The first kappa shape index (κ1) is 15.7. The summed E-state index contributed by atoms with van der Waals surface area (Å²) < 4.78 is 5.46. The van der Waals surface area contributed by atoms with E-state index in [1.54, 1.807) is 0 Å². The molecule has 0 radical (unpaired) electrons. The van der Waals surface area contributed by atoms with Gasteiger partial charge in [0.2, 0.25) is 5.89 Å². The van der Waals surface area contributed by atoms with Gasteiger partial charge in [-0.15, -0.1) is 0 Å². The van der Waals surface area contributed by atoms with Gasteiger partial charge in [0.15, 0.2) is 5.69 Å². The fourth-order valence-electron chi connectivity index (χ4n) is 2.82. The van der Waals surface area contributed by atoms with E-state index in [9.17, 15) is 4.79 Å². The zero-order chi connectivity index (χ0) is 16.2. The van der Waals surface area contributed by atoms with Crippen LogP contribution in [0.2, 0.25) is 0 Å². The van der Waals surface area contributed by atoms with Crippen molar-refractivity contribution in [1.82, 2.24) is 9.88 Å². The molecule has 2 aromatic rings. The first-order valence-electron chi connectivity index (χ1n) is 8.15. The van der Waals surface area contributed by atoms with Crippen LogP contribution in [0.1, 0.15) is 41.7 Å². The number of rotatable bonds is 4. The molecule has 1 N–H and O–H groups in total. The third kappa shape index (κ3) is 4.20. The largest absolute Gasteiger partial charge is 0.447 e. The zero-order valence-electron chi connectivity index (χ0n) is 13.7. The summed E-state index contributed by atoms with van der Waals surface area (Å²) in [6.45, 7) is 7.08. The predicted octanol–water partition coefficient (Wildman–Crippen LogP) is 3.47. The molecule has 1 aliphatic heterocycles. The summed E-state index contributed by atoms with van der Waals surface area (Å²) >= 11 is 0. The molecule has 1 amide bonds. The molecule has 2 heterocycles. The lowest BCUT2D eigenvalue weighted by Crippen LogP contribution is -2.32. The van der Waals surface area contributed by atoms with Crippen molar-refractivity contribution in [2.75, 3.05) is 18.4 Å². The van der Waals surface area contributed by atoms with Crippen LogP contribution in [0.15, 0.2) is 34.9 Å². The van der Waals surface area contributed by atoms with E-state index in [0.717, 1.165) is 30.3 Å². The molecule has 1 aliphatic rings.